The molecule has 0 saturated carbocycles. The number of nitrogens with one attached hydrogen (secondary N) is 2. The number of rotatable bonds is 14. The van der Waals surface area contributed by atoms with Gasteiger partial charge in [0, 0.05) is 24.1 Å². The van der Waals surface area contributed by atoms with Crippen molar-refractivity contribution >= 4 is 37.8 Å². The topological polar surface area (TPSA) is 132 Å². The van der Waals surface area contributed by atoms with Gasteiger partial charge in [0.2, 0.25) is 10.0 Å². The number of imidazole rings is 1. The van der Waals surface area contributed by atoms with Crippen LogP contribution in [0.25, 0.3) is 21.9 Å². The highest BCUT2D eigenvalue weighted by Gasteiger charge is 2.17. The van der Waals surface area contributed by atoms with Gasteiger partial charge in [0.15, 0.2) is 5.82 Å². The van der Waals surface area contributed by atoms with Gasteiger partial charge in [-0.25, -0.2) is 23.1 Å². The molecule has 2 aromatic heterocycles. The van der Waals surface area contributed by atoms with Gasteiger partial charge in [-0.3, -0.25) is 0 Å². The Balaban J connectivity index is 1.74. The second-order valence-electron chi connectivity index (χ2n) is 8.16. The van der Waals surface area contributed by atoms with Gasteiger partial charge in [0.05, 0.1) is 23.9 Å². The second kappa shape index (κ2) is 11.6. The molecule has 0 amide bonds. The molecule has 0 unspecified atom stereocenters. The number of H-pyrrole nitrogens is 1. The minimum Gasteiger partial charge on any atom is -0.493 e. The first-order chi connectivity index (χ1) is 15.8. The first kappa shape index (κ1) is 25.2. The van der Waals surface area contributed by atoms with E-state index in [1.807, 2.05) is 19.1 Å². The lowest BCUT2D eigenvalue weighted by Gasteiger charge is -2.14. The summed E-state index contributed by atoms with van der Waals surface area (Å²) in [6.07, 6.45) is 6.65. The Morgan fingerprint density at radius 3 is 2.64 bits per heavy atom. The summed E-state index contributed by atoms with van der Waals surface area (Å²) in [5.74, 6) is 1.99. The number of hydrogen-bond acceptors (Lipinski definition) is 7. The third kappa shape index (κ3) is 6.78. The van der Waals surface area contributed by atoms with Crippen LogP contribution < -0.4 is 15.2 Å². The van der Waals surface area contributed by atoms with E-state index < -0.39 is 10.0 Å². The molecule has 10 heteroatoms. The van der Waals surface area contributed by atoms with Gasteiger partial charge in [-0.1, -0.05) is 26.2 Å². The molecule has 1 aromatic carbocycles. The van der Waals surface area contributed by atoms with Crippen molar-refractivity contribution in [1.29, 1.82) is 0 Å². The molecule has 0 atom stereocenters. The number of nitrogens with zero attached hydrogens (tertiary/aromatic N) is 2. The van der Waals surface area contributed by atoms with Gasteiger partial charge in [0.1, 0.15) is 23.7 Å². The van der Waals surface area contributed by atoms with Crippen LogP contribution in [-0.2, 0) is 27.8 Å². The maximum Gasteiger partial charge on any atom is 0.208 e. The number of fused-ring (bicyclic) bond motifs is 3. The Morgan fingerprint density at radius 1 is 1.12 bits per heavy atom. The standard InChI is InChI=1S/C23H35N5O4S/c1-4-10-16-18(32-14-9-7-6-8-13-25-33(3,29)30)12-11-17-20(16)21-22(23(24)26-17)28-19(27-21)15-31-5-2/h11-12,25H,4-10,13-15H2,1-3H3,(H2,24,26)(H,27,28). The number of aromatic amines is 1. The predicted octanol–water partition coefficient (Wildman–Crippen LogP) is 3.67. The number of nitrogen functional groups attached to an aromatic ring is 1. The number of pyridine rings is 1. The summed E-state index contributed by atoms with van der Waals surface area (Å²) in [6.45, 7) is 6.17. The fraction of sp³-hybridized carbons (Fsp3) is 0.565. The highest BCUT2D eigenvalue weighted by Crippen LogP contribution is 2.35. The van der Waals surface area contributed by atoms with Crippen LogP contribution in [0.5, 0.6) is 5.75 Å². The van der Waals surface area contributed by atoms with Crippen molar-refractivity contribution in [1.82, 2.24) is 19.7 Å². The molecule has 3 rings (SSSR count). The summed E-state index contributed by atoms with van der Waals surface area (Å²) in [5, 5.41) is 1.00. The monoisotopic (exact) mass is 477 g/mol. The van der Waals surface area contributed by atoms with E-state index >= 15 is 0 Å². The van der Waals surface area contributed by atoms with Crippen molar-refractivity contribution in [3.05, 3.63) is 23.5 Å². The van der Waals surface area contributed by atoms with Crippen LogP contribution >= 0.6 is 0 Å². The number of nitrogens with two attached hydrogens (primary N) is 1. The zero-order chi connectivity index (χ0) is 23.8. The molecule has 2 heterocycles. The molecule has 0 bridgehead atoms. The van der Waals surface area contributed by atoms with Gasteiger partial charge in [-0.05, 0) is 38.3 Å². The van der Waals surface area contributed by atoms with E-state index in [2.05, 4.69) is 26.6 Å². The highest BCUT2D eigenvalue weighted by atomic mass is 32.2. The summed E-state index contributed by atoms with van der Waals surface area (Å²) in [7, 11) is -3.11. The average Bonchev–Trinajstić information content (AvgIpc) is 3.19. The number of sulfonamides is 1. The maximum atomic E-state index is 11.1. The van der Waals surface area contributed by atoms with Crippen LogP contribution in [0.4, 0.5) is 5.82 Å². The largest absolute Gasteiger partial charge is 0.493 e. The van der Waals surface area contributed by atoms with E-state index in [0.717, 1.165) is 72.1 Å². The quantitative estimate of drug-likeness (QED) is 0.302. The molecule has 0 spiro atoms. The van der Waals surface area contributed by atoms with Crippen molar-refractivity contribution < 1.29 is 17.9 Å². The summed E-state index contributed by atoms with van der Waals surface area (Å²) in [4.78, 5) is 12.6. The number of aryl methyl sites for hydroxylation is 1. The molecule has 0 saturated heterocycles. The van der Waals surface area contributed by atoms with Crippen molar-refractivity contribution in [3.63, 3.8) is 0 Å². The highest BCUT2D eigenvalue weighted by molar-refractivity contribution is 7.88. The summed E-state index contributed by atoms with van der Waals surface area (Å²) in [6, 6.07) is 3.92. The van der Waals surface area contributed by atoms with Crippen LogP contribution in [-0.4, -0.2) is 49.4 Å². The van der Waals surface area contributed by atoms with Crippen LogP contribution in [0.3, 0.4) is 0 Å². The fourth-order valence-corrected chi connectivity index (χ4v) is 4.40. The summed E-state index contributed by atoms with van der Waals surface area (Å²) in [5.41, 5.74) is 9.66. The van der Waals surface area contributed by atoms with Crippen LogP contribution in [0.2, 0.25) is 0 Å². The lowest BCUT2D eigenvalue weighted by Crippen LogP contribution is -2.22. The van der Waals surface area contributed by atoms with E-state index in [0.29, 0.717) is 37.7 Å². The zero-order valence-corrected chi connectivity index (χ0v) is 20.6. The molecule has 0 radical (unpaired) electrons. The van der Waals surface area contributed by atoms with E-state index in [1.54, 1.807) is 0 Å². The van der Waals surface area contributed by atoms with Crippen LogP contribution in [0.15, 0.2) is 12.1 Å². The van der Waals surface area contributed by atoms with Crippen molar-refractivity contribution in [2.45, 2.75) is 59.0 Å². The number of aromatic nitrogens is 3. The molecule has 33 heavy (non-hydrogen) atoms. The van der Waals surface area contributed by atoms with Gasteiger partial charge in [-0.15, -0.1) is 0 Å². The maximum absolute atomic E-state index is 11.1. The minimum absolute atomic E-state index is 0.394. The van der Waals surface area contributed by atoms with E-state index in [-0.39, 0.29) is 0 Å². The first-order valence-corrected chi connectivity index (χ1v) is 13.5. The third-order valence-electron chi connectivity index (χ3n) is 5.37. The molecular weight excluding hydrogens is 442 g/mol. The van der Waals surface area contributed by atoms with E-state index in [9.17, 15) is 8.42 Å². The van der Waals surface area contributed by atoms with Gasteiger partial charge >= 0.3 is 0 Å². The second-order valence-corrected chi connectivity index (χ2v) is 9.99. The lowest BCUT2D eigenvalue weighted by molar-refractivity contribution is 0.129. The van der Waals surface area contributed by atoms with Crippen LogP contribution in [0.1, 0.15) is 57.3 Å². The van der Waals surface area contributed by atoms with E-state index in [4.69, 9.17) is 15.2 Å². The van der Waals surface area contributed by atoms with Crippen LogP contribution in [0, 0.1) is 0 Å². The SMILES string of the molecule is CCCc1c(OCCCCCCNS(C)(=O)=O)ccc2nc(N)c3nc(COCC)[nH]c3c12. The van der Waals surface area contributed by atoms with Gasteiger partial charge in [0.25, 0.3) is 0 Å². The fourth-order valence-electron chi connectivity index (χ4n) is 3.88. The Labute approximate surface area is 195 Å². The lowest BCUT2D eigenvalue weighted by atomic mass is 10.0. The zero-order valence-electron chi connectivity index (χ0n) is 19.7. The Morgan fingerprint density at radius 2 is 1.91 bits per heavy atom. The molecule has 0 aliphatic rings. The first-order valence-electron chi connectivity index (χ1n) is 11.6. The molecule has 9 nitrogen and oxygen atoms in total. The minimum atomic E-state index is -3.11. The smallest absolute Gasteiger partial charge is 0.208 e. The van der Waals surface area contributed by atoms with E-state index in [1.165, 1.54) is 6.26 Å². The number of ether oxygens (including phenoxy) is 2. The normalized spacial score (nSPS) is 12.1. The van der Waals surface area contributed by atoms with Crippen molar-refractivity contribution in [3.8, 4) is 5.75 Å². The van der Waals surface area contributed by atoms with Gasteiger partial charge in [-0.2, -0.15) is 0 Å². The number of benzene rings is 1. The molecule has 182 valence electrons. The Kier molecular flexibility index (Phi) is 8.87. The average molecular weight is 478 g/mol. The molecule has 0 aliphatic carbocycles. The van der Waals surface area contributed by atoms with Gasteiger partial charge < -0.3 is 20.2 Å². The summed E-state index contributed by atoms with van der Waals surface area (Å²) < 4.78 is 36.4. The van der Waals surface area contributed by atoms with Crippen molar-refractivity contribution in [2.75, 3.05) is 31.7 Å². The number of unbranched alkanes of at least 4 members (excludes halogenated alkanes) is 3. The molecule has 0 fully saturated rings. The number of anilines is 1. The Hall–Kier alpha value is -2.43. The summed E-state index contributed by atoms with van der Waals surface area (Å²) >= 11 is 0. The molecule has 3 aromatic rings. The third-order valence-corrected chi connectivity index (χ3v) is 6.10. The number of hydrogen-bond donors (Lipinski definition) is 3. The molecule has 4 N–H and O–H groups in total. The Bertz CT molecular complexity index is 1180. The predicted molar refractivity (Wildman–Crippen MR) is 132 cm³/mol. The molecule has 0 aliphatic heterocycles. The molecular formula is C23H35N5O4S. The van der Waals surface area contributed by atoms with Crippen molar-refractivity contribution in [2.24, 2.45) is 0 Å².